The van der Waals surface area contributed by atoms with Crippen LogP contribution in [0.4, 0.5) is 15.8 Å². The Labute approximate surface area is 161 Å². The standard InChI is InChI=1S/C20H20FN5O2/c1-12-4-9-17(13(2)10-12)23-20(28)19-14(3)26(25-24-19)11-18(27)22-16-7-5-15(21)6-8-16/h4-10H,11H2,1-3H3,(H,22,27)(H,23,28). The van der Waals surface area contributed by atoms with Crippen molar-refractivity contribution in [2.45, 2.75) is 27.3 Å². The Hall–Kier alpha value is -3.55. The van der Waals surface area contributed by atoms with E-state index in [1.165, 1.54) is 28.9 Å². The quantitative estimate of drug-likeness (QED) is 0.710. The molecule has 0 radical (unpaired) electrons. The van der Waals surface area contributed by atoms with Crippen molar-refractivity contribution >= 4 is 23.2 Å². The molecule has 28 heavy (non-hydrogen) atoms. The van der Waals surface area contributed by atoms with Crippen LogP contribution in [-0.2, 0) is 11.3 Å². The fourth-order valence-corrected chi connectivity index (χ4v) is 2.73. The van der Waals surface area contributed by atoms with Gasteiger partial charge in [-0.15, -0.1) is 5.10 Å². The van der Waals surface area contributed by atoms with Gasteiger partial charge in [0.15, 0.2) is 5.69 Å². The lowest BCUT2D eigenvalue weighted by Crippen LogP contribution is -2.21. The van der Waals surface area contributed by atoms with Crippen molar-refractivity contribution in [1.29, 1.82) is 0 Å². The topological polar surface area (TPSA) is 88.9 Å². The molecule has 0 atom stereocenters. The number of nitrogens with zero attached hydrogens (tertiary/aromatic N) is 3. The molecule has 0 saturated carbocycles. The first-order valence-corrected chi connectivity index (χ1v) is 8.67. The molecule has 7 nitrogen and oxygen atoms in total. The van der Waals surface area contributed by atoms with Crippen molar-refractivity contribution in [1.82, 2.24) is 15.0 Å². The molecule has 2 amide bonds. The van der Waals surface area contributed by atoms with Gasteiger partial charge >= 0.3 is 0 Å². The van der Waals surface area contributed by atoms with Crippen molar-refractivity contribution in [3.8, 4) is 0 Å². The molecule has 0 bridgehead atoms. The molecular formula is C20H20FN5O2. The molecule has 3 rings (SSSR count). The Kier molecular flexibility index (Phi) is 5.49. The van der Waals surface area contributed by atoms with Gasteiger partial charge in [0.2, 0.25) is 5.91 Å². The number of carbonyl (C=O) groups excluding carboxylic acids is 2. The number of aromatic nitrogens is 3. The van der Waals surface area contributed by atoms with E-state index in [1.54, 1.807) is 6.92 Å². The summed E-state index contributed by atoms with van der Waals surface area (Å²) in [4.78, 5) is 24.7. The van der Waals surface area contributed by atoms with Crippen LogP contribution in [-0.4, -0.2) is 26.8 Å². The number of anilines is 2. The number of hydrogen-bond donors (Lipinski definition) is 2. The van der Waals surface area contributed by atoms with Crippen LogP contribution in [0.25, 0.3) is 0 Å². The fraction of sp³-hybridized carbons (Fsp3) is 0.200. The van der Waals surface area contributed by atoms with Gasteiger partial charge in [0.1, 0.15) is 12.4 Å². The molecule has 2 N–H and O–H groups in total. The van der Waals surface area contributed by atoms with Gasteiger partial charge in [0.05, 0.1) is 5.69 Å². The second kappa shape index (κ2) is 7.99. The zero-order chi connectivity index (χ0) is 20.3. The maximum atomic E-state index is 12.9. The van der Waals surface area contributed by atoms with Crippen LogP contribution < -0.4 is 10.6 Å². The Morgan fingerprint density at radius 1 is 1.04 bits per heavy atom. The van der Waals surface area contributed by atoms with E-state index in [0.29, 0.717) is 17.1 Å². The van der Waals surface area contributed by atoms with E-state index in [9.17, 15) is 14.0 Å². The number of carbonyl (C=O) groups is 2. The molecular weight excluding hydrogens is 361 g/mol. The van der Waals surface area contributed by atoms with Gasteiger partial charge in [-0.25, -0.2) is 9.07 Å². The molecule has 0 aliphatic carbocycles. The third kappa shape index (κ3) is 4.40. The number of amides is 2. The van der Waals surface area contributed by atoms with Crippen molar-refractivity contribution in [3.63, 3.8) is 0 Å². The molecule has 2 aromatic carbocycles. The molecule has 1 aromatic heterocycles. The van der Waals surface area contributed by atoms with Crippen molar-refractivity contribution in [2.24, 2.45) is 0 Å². The molecule has 144 valence electrons. The summed E-state index contributed by atoms with van der Waals surface area (Å²) in [5.74, 6) is -1.14. The summed E-state index contributed by atoms with van der Waals surface area (Å²) in [5, 5.41) is 13.3. The van der Waals surface area contributed by atoms with E-state index in [2.05, 4.69) is 20.9 Å². The summed E-state index contributed by atoms with van der Waals surface area (Å²) < 4.78 is 14.3. The monoisotopic (exact) mass is 381 g/mol. The first kappa shape index (κ1) is 19.2. The third-order valence-corrected chi connectivity index (χ3v) is 4.25. The Morgan fingerprint density at radius 2 is 1.75 bits per heavy atom. The molecule has 0 aliphatic heterocycles. The van der Waals surface area contributed by atoms with Crippen LogP contribution in [0.2, 0.25) is 0 Å². The van der Waals surface area contributed by atoms with E-state index >= 15 is 0 Å². The summed E-state index contributed by atoms with van der Waals surface area (Å²) in [6.07, 6.45) is 0. The van der Waals surface area contributed by atoms with Gasteiger partial charge in [-0.05, 0) is 56.7 Å². The first-order chi connectivity index (χ1) is 13.3. The van der Waals surface area contributed by atoms with Crippen LogP contribution in [0.5, 0.6) is 0 Å². The van der Waals surface area contributed by atoms with Crippen LogP contribution in [0.15, 0.2) is 42.5 Å². The minimum atomic E-state index is -0.394. The predicted molar refractivity (Wildman–Crippen MR) is 104 cm³/mol. The summed E-state index contributed by atoms with van der Waals surface area (Å²) in [6.45, 7) is 5.44. The SMILES string of the molecule is Cc1ccc(NC(=O)c2nnn(CC(=O)Nc3ccc(F)cc3)c2C)c(C)c1. The molecule has 0 fully saturated rings. The lowest BCUT2D eigenvalue weighted by atomic mass is 10.1. The van der Waals surface area contributed by atoms with Crippen LogP contribution >= 0.6 is 0 Å². The number of nitrogens with one attached hydrogen (secondary N) is 2. The molecule has 0 unspecified atom stereocenters. The zero-order valence-electron chi connectivity index (χ0n) is 15.8. The summed E-state index contributed by atoms with van der Waals surface area (Å²) in [7, 11) is 0. The summed E-state index contributed by atoms with van der Waals surface area (Å²) in [5.41, 5.74) is 3.82. The van der Waals surface area contributed by atoms with Crippen molar-refractivity contribution in [2.75, 3.05) is 10.6 Å². The first-order valence-electron chi connectivity index (χ1n) is 8.67. The van der Waals surface area contributed by atoms with Crippen molar-refractivity contribution in [3.05, 3.63) is 70.8 Å². The normalized spacial score (nSPS) is 10.6. The fourth-order valence-electron chi connectivity index (χ4n) is 2.73. The van der Waals surface area contributed by atoms with E-state index in [4.69, 9.17) is 0 Å². The lowest BCUT2D eigenvalue weighted by molar-refractivity contribution is -0.117. The third-order valence-electron chi connectivity index (χ3n) is 4.25. The van der Waals surface area contributed by atoms with Gasteiger partial charge in [-0.2, -0.15) is 0 Å². The Balaban J connectivity index is 1.68. The minimum Gasteiger partial charge on any atom is -0.324 e. The van der Waals surface area contributed by atoms with Gasteiger partial charge in [0, 0.05) is 11.4 Å². The van der Waals surface area contributed by atoms with E-state index in [0.717, 1.165) is 11.1 Å². The molecule has 1 heterocycles. The largest absolute Gasteiger partial charge is 0.324 e. The second-order valence-corrected chi connectivity index (χ2v) is 6.51. The summed E-state index contributed by atoms with van der Waals surface area (Å²) in [6, 6.07) is 11.1. The highest BCUT2D eigenvalue weighted by Gasteiger charge is 2.18. The molecule has 0 spiro atoms. The predicted octanol–water partition coefficient (Wildman–Crippen LogP) is 3.23. The average molecular weight is 381 g/mol. The zero-order valence-corrected chi connectivity index (χ0v) is 15.8. The second-order valence-electron chi connectivity index (χ2n) is 6.51. The smallest absolute Gasteiger partial charge is 0.278 e. The van der Waals surface area contributed by atoms with Crippen LogP contribution in [0.3, 0.4) is 0 Å². The van der Waals surface area contributed by atoms with Gasteiger partial charge in [-0.1, -0.05) is 22.9 Å². The maximum absolute atomic E-state index is 12.9. The highest BCUT2D eigenvalue weighted by atomic mass is 19.1. The lowest BCUT2D eigenvalue weighted by Gasteiger charge is -2.09. The van der Waals surface area contributed by atoms with Gasteiger partial charge in [-0.3, -0.25) is 9.59 Å². The van der Waals surface area contributed by atoms with Gasteiger partial charge < -0.3 is 10.6 Å². The Morgan fingerprint density at radius 3 is 2.43 bits per heavy atom. The highest BCUT2D eigenvalue weighted by Crippen LogP contribution is 2.17. The number of aryl methyl sites for hydroxylation is 2. The number of benzene rings is 2. The minimum absolute atomic E-state index is 0.118. The van der Waals surface area contributed by atoms with E-state index < -0.39 is 5.91 Å². The number of halogens is 1. The average Bonchev–Trinajstić information content (AvgIpc) is 3.00. The van der Waals surface area contributed by atoms with E-state index in [-0.39, 0.29) is 24.0 Å². The van der Waals surface area contributed by atoms with Crippen LogP contribution in [0, 0.1) is 26.6 Å². The van der Waals surface area contributed by atoms with Gasteiger partial charge in [0.25, 0.3) is 5.91 Å². The molecule has 0 aliphatic rings. The molecule has 0 saturated heterocycles. The Bertz CT molecular complexity index is 1030. The number of rotatable bonds is 5. The van der Waals surface area contributed by atoms with E-state index in [1.807, 2.05) is 32.0 Å². The summed E-state index contributed by atoms with van der Waals surface area (Å²) >= 11 is 0. The number of hydrogen-bond acceptors (Lipinski definition) is 4. The molecule has 3 aromatic rings. The highest BCUT2D eigenvalue weighted by molar-refractivity contribution is 6.04. The van der Waals surface area contributed by atoms with Crippen molar-refractivity contribution < 1.29 is 14.0 Å². The van der Waals surface area contributed by atoms with Crippen LogP contribution in [0.1, 0.15) is 27.3 Å². The maximum Gasteiger partial charge on any atom is 0.278 e. The molecule has 8 heteroatoms.